The summed E-state index contributed by atoms with van der Waals surface area (Å²) in [6, 6.07) is 11.8. The number of hydrogen-bond acceptors (Lipinski definition) is 10. The molecule has 0 radical (unpaired) electrons. The van der Waals surface area contributed by atoms with Crippen molar-refractivity contribution in [2.24, 2.45) is 0 Å². The van der Waals surface area contributed by atoms with E-state index in [0.29, 0.717) is 88.1 Å². The van der Waals surface area contributed by atoms with Gasteiger partial charge in [-0.2, -0.15) is 0 Å². The maximum absolute atomic E-state index is 14.2. The fraction of sp³-hybridized carbons (Fsp3) is 0.564. The first-order chi connectivity index (χ1) is 26.1. The van der Waals surface area contributed by atoms with Crippen molar-refractivity contribution >= 4 is 58.8 Å². The lowest BCUT2D eigenvalue weighted by atomic mass is 10.00. The molecule has 4 amide bonds. The number of esters is 1. The normalized spacial score (nSPS) is 19.7. The van der Waals surface area contributed by atoms with Gasteiger partial charge in [0.1, 0.15) is 10.4 Å². The van der Waals surface area contributed by atoms with Crippen molar-refractivity contribution in [2.45, 2.75) is 70.6 Å². The number of ether oxygens (including phenoxy) is 3. The van der Waals surface area contributed by atoms with Crippen LogP contribution in [0.15, 0.2) is 36.4 Å². The van der Waals surface area contributed by atoms with Crippen LogP contribution in [-0.4, -0.2) is 143 Å². The van der Waals surface area contributed by atoms with Crippen molar-refractivity contribution in [1.29, 1.82) is 0 Å². The number of aryl methyl sites for hydroxylation is 2. The van der Waals surface area contributed by atoms with Gasteiger partial charge in [-0.25, -0.2) is 9.59 Å². The van der Waals surface area contributed by atoms with E-state index >= 15 is 0 Å². The smallest absolute Gasteiger partial charge is 0.410 e. The zero-order chi connectivity index (χ0) is 38.2. The Morgan fingerprint density at radius 2 is 1.56 bits per heavy atom. The van der Waals surface area contributed by atoms with Crippen molar-refractivity contribution in [3.05, 3.63) is 58.7 Å². The largest absolute Gasteiger partial charge is 0.454 e. The molecule has 292 valence electrons. The van der Waals surface area contributed by atoms with Crippen LogP contribution in [0.3, 0.4) is 0 Å². The van der Waals surface area contributed by atoms with E-state index in [9.17, 15) is 24.0 Å². The molecule has 6 rings (SSSR count). The molecule has 4 aliphatic heterocycles. The molecule has 1 atom stereocenters. The number of para-hydroxylation sites is 1. The van der Waals surface area contributed by atoms with Crippen LogP contribution in [0.1, 0.15) is 47.9 Å². The monoisotopic (exact) mass is 858 g/mol. The Balaban J connectivity index is 1.07. The molecule has 0 saturated carbocycles. The van der Waals surface area contributed by atoms with Gasteiger partial charge in [0.25, 0.3) is 12.4 Å². The molecule has 2 aromatic rings. The number of likely N-dealkylation sites (tertiary alicyclic amines) is 2. The summed E-state index contributed by atoms with van der Waals surface area (Å²) in [4.78, 5) is 74.0. The van der Waals surface area contributed by atoms with Gasteiger partial charge >= 0.3 is 18.1 Å². The van der Waals surface area contributed by atoms with Gasteiger partial charge in [-0.1, -0.05) is 30.3 Å². The Labute approximate surface area is 330 Å². The molecule has 15 heteroatoms. The minimum atomic E-state index is -1.04. The van der Waals surface area contributed by atoms with E-state index in [1.165, 1.54) is 0 Å². The number of carbonyl (C=O) groups is 5. The van der Waals surface area contributed by atoms with Crippen LogP contribution in [0, 0.1) is 13.8 Å². The van der Waals surface area contributed by atoms with Crippen LogP contribution in [0.5, 0.6) is 5.75 Å². The minimum Gasteiger partial charge on any atom is -0.454 e. The van der Waals surface area contributed by atoms with E-state index in [1.54, 1.807) is 9.80 Å². The number of piperazine rings is 1. The average molecular weight is 859 g/mol. The van der Waals surface area contributed by atoms with Gasteiger partial charge in [0.2, 0.25) is 0 Å². The first kappa shape index (κ1) is 39.7. The molecule has 3 saturated heterocycles. The third-order valence-electron chi connectivity index (χ3n) is 11.2. The topological polar surface area (TPSA) is 141 Å². The molecule has 0 aliphatic carbocycles. The van der Waals surface area contributed by atoms with E-state index in [4.69, 9.17) is 14.2 Å². The number of anilines is 1. The molecule has 0 bridgehead atoms. The second-order valence-corrected chi connectivity index (χ2v) is 15.2. The lowest BCUT2D eigenvalue weighted by molar-refractivity contribution is -0.143. The molecule has 1 N–H and O–H groups in total. The summed E-state index contributed by atoms with van der Waals surface area (Å²) >= 11 is 2.03. The van der Waals surface area contributed by atoms with E-state index in [1.807, 2.05) is 77.7 Å². The Hall–Kier alpha value is -3.96. The van der Waals surface area contributed by atoms with Crippen LogP contribution in [0.4, 0.5) is 15.3 Å². The number of alkyl halides is 1. The quantitative estimate of drug-likeness (QED) is 0.153. The molecule has 3 fully saturated rings. The van der Waals surface area contributed by atoms with Crippen LogP contribution >= 0.6 is 22.6 Å². The van der Waals surface area contributed by atoms with Crippen LogP contribution < -0.4 is 10.1 Å². The number of fused-ring (bicyclic) bond motifs is 1. The SMILES string of the molecule is Cc1cc(C[C@@H](OC(=O)N2CCC(N3CCc4ccccc4NC3=O)CC2)C(=O)N2CCN(C3CCN(CC(=O)OCI)CC3)CC2)cc(C)c1OC=O. The van der Waals surface area contributed by atoms with Gasteiger partial charge in [0, 0.05) is 83.1 Å². The number of benzene rings is 2. The molecule has 0 spiro atoms. The van der Waals surface area contributed by atoms with Gasteiger partial charge in [-0.05, 0) is 96.9 Å². The van der Waals surface area contributed by atoms with Crippen molar-refractivity contribution in [3.63, 3.8) is 0 Å². The Morgan fingerprint density at radius 3 is 2.22 bits per heavy atom. The average Bonchev–Trinajstić information content (AvgIpc) is 3.34. The second kappa shape index (κ2) is 18.6. The van der Waals surface area contributed by atoms with Crippen molar-refractivity contribution < 1.29 is 38.2 Å². The lowest BCUT2D eigenvalue weighted by Gasteiger charge is -2.43. The van der Waals surface area contributed by atoms with Crippen molar-refractivity contribution in [3.8, 4) is 5.75 Å². The molecule has 2 aromatic carbocycles. The van der Waals surface area contributed by atoms with Crippen LogP contribution in [0.2, 0.25) is 0 Å². The number of hydrogen-bond donors (Lipinski definition) is 1. The van der Waals surface area contributed by atoms with Crippen LogP contribution in [0.25, 0.3) is 0 Å². The molecule has 4 heterocycles. The van der Waals surface area contributed by atoms with E-state index in [0.717, 1.165) is 60.3 Å². The molecule has 54 heavy (non-hydrogen) atoms. The maximum atomic E-state index is 14.2. The van der Waals surface area contributed by atoms with E-state index < -0.39 is 12.2 Å². The number of nitrogens with one attached hydrogen (secondary N) is 1. The fourth-order valence-corrected chi connectivity index (χ4v) is 8.67. The standard InChI is InChI=1S/C39H51IN6O8/c1-27-21-29(22-28(2)36(27)53-26-47)23-34(37(49)44-19-17-43(18-20-44)31-8-12-42(13-9-31)24-35(48)52-25-40)54-39(51)45-14-10-32(11-15-45)46-16-7-30-5-3-4-6-33(30)41-38(46)50/h3-6,21-22,26,31-32,34H,7-20,23-25H2,1-2H3,(H,41,50)/t34-/m1/s1. The summed E-state index contributed by atoms with van der Waals surface area (Å²) in [6.45, 7) is 9.93. The summed E-state index contributed by atoms with van der Waals surface area (Å²) in [6.07, 6.45) is 2.46. The fourth-order valence-electron chi connectivity index (χ4n) is 8.32. The van der Waals surface area contributed by atoms with Gasteiger partial charge in [-0.15, -0.1) is 0 Å². The zero-order valence-corrected chi connectivity index (χ0v) is 33.3. The molecule has 0 aromatic heterocycles. The highest BCUT2D eigenvalue weighted by atomic mass is 127. The number of rotatable bonds is 11. The lowest BCUT2D eigenvalue weighted by Crippen LogP contribution is -2.57. The number of nitrogens with zero attached hydrogens (tertiary/aromatic N) is 5. The zero-order valence-electron chi connectivity index (χ0n) is 31.2. The summed E-state index contributed by atoms with van der Waals surface area (Å²) in [5, 5.41) is 3.04. The first-order valence-electron chi connectivity index (χ1n) is 18.9. The van der Waals surface area contributed by atoms with Crippen molar-refractivity contribution in [1.82, 2.24) is 24.5 Å². The predicted molar refractivity (Wildman–Crippen MR) is 210 cm³/mol. The predicted octanol–water partition coefficient (Wildman–Crippen LogP) is 3.99. The second-order valence-electron chi connectivity index (χ2n) is 14.6. The van der Waals surface area contributed by atoms with Crippen LogP contribution in [-0.2, 0) is 36.7 Å². The van der Waals surface area contributed by atoms with Gasteiger partial charge in [0.05, 0.1) is 6.54 Å². The van der Waals surface area contributed by atoms with E-state index in [-0.39, 0.29) is 30.4 Å². The third-order valence-corrected chi connectivity index (χ3v) is 11.5. The van der Waals surface area contributed by atoms with E-state index in [2.05, 4.69) is 15.1 Å². The number of urea groups is 1. The summed E-state index contributed by atoms with van der Waals surface area (Å²) in [5.41, 5.74) is 4.25. The molecular weight excluding hydrogens is 807 g/mol. The highest BCUT2D eigenvalue weighted by Crippen LogP contribution is 2.28. The maximum Gasteiger partial charge on any atom is 0.410 e. The first-order valence-corrected chi connectivity index (χ1v) is 20.4. The third kappa shape index (κ3) is 9.82. The summed E-state index contributed by atoms with van der Waals surface area (Å²) in [5.74, 6) is 0.0468. The number of amides is 4. The molecule has 0 unspecified atom stereocenters. The summed E-state index contributed by atoms with van der Waals surface area (Å²) in [7, 11) is 0. The number of halogens is 1. The molecule has 4 aliphatic rings. The summed E-state index contributed by atoms with van der Waals surface area (Å²) < 4.78 is 16.7. The van der Waals surface area contributed by atoms with Crippen molar-refractivity contribution in [2.75, 3.05) is 75.4 Å². The molecule has 14 nitrogen and oxygen atoms in total. The highest BCUT2D eigenvalue weighted by Gasteiger charge is 2.36. The number of piperidine rings is 2. The molecular formula is C39H51IN6O8. The highest BCUT2D eigenvalue weighted by molar-refractivity contribution is 14.1. The van der Waals surface area contributed by atoms with Gasteiger partial charge in [0.15, 0.2) is 6.10 Å². The number of carbonyl (C=O) groups excluding carboxylic acids is 5. The van der Waals surface area contributed by atoms with Gasteiger partial charge in [-0.3, -0.25) is 24.2 Å². The van der Waals surface area contributed by atoms with Gasteiger partial charge < -0.3 is 34.2 Å². The minimum absolute atomic E-state index is 0.0142. The Kier molecular flexibility index (Phi) is 13.7. The Bertz CT molecular complexity index is 1650. The Morgan fingerprint density at radius 1 is 0.889 bits per heavy atom.